The number of carbonyl (C=O) groups excluding carboxylic acids is 1. The number of ether oxygens (including phenoxy) is 1. The second kappa shape index (κ2) is 4.87. The van der Waals surface area contributed by atoms with Crippen molar-refractivity contribution in [1.29, 1.82) is 0 Å². The van der Waals surface area contributed by atoms with Crippen molar-refractivity contribution >= 4 is 18.1 Å². The summed E-state index contributed by atoms with van der Waals surface area (Å²) in [5.74, 6) is -0.335. The molecule has 1 aromatic carbocycles. The van der Waals surface area contributed by atoms with Crippen molar-refractivity contribution < 1.29 is 9.53 Å². The van der Waals surface area contributed by atoms with Crippen molar-refractivity contribution in [2.45, 2.75) is 6.54 Å². The number of methoxy groups -OCH3 is 1. The number of hydrogen-bond donors (Lipinski definition) is 0. The summed E-state index contributed by atoms with van der Waals surface area (Å²) in [7, 11) is 3.42. The van der Waals surface area contributed by atoms with Gasteiger partial charge in [0.1, 0.15) is 0 Å². The van der Waals surface area contributed by atoms with Crippen molar-refractivity contribution in [3.63, 3.8) is 0 Å². The average molecular weight is 229 g/mol. The first kappa shape index (κ1) is 11.5. The van der Waals surface area contributed by atoms with Crippen LogP contribution in [0.1, 0.15) is 16.7 Å². The number of nitrogens with zero attached hydrogens (tertiary/aromatic N) is 1. The van der Waals surface area contributed by atoms with Crippen LogP contribution in [-0.4, -0.2) is 25.0 Å². The predicted molar refractivity (Wildman–Crippen MR) is 68.0 cm³/mol. The van der Waals surface area contributed by atoms with Gasteiger partial charge in [-0.25, -0.2) is 4.79 Å². The van der Waals surface area contributed by atoms with Gasteiger partial charge in [-0.1, -0.05) is 12.1 Å². The molecule has 0 aromatic heterocycles. The molecule has 2 rings (SSSR count). The van der Waals surface area contributed by atoms with E-state index in [2.05, 4.69) is 34.0 Å². The number of benzene rings is 1. The molecule has 0 bridgehead atoms. The Bertz CT molecular complexity index is 489. The van der Waals surface area contributed by atoms with Crippen LogP contribution in [0.5, 0.6) is 0 Å². The number of hydrogen-bond acceptors (Lipinski definition) is 3. The SMILES string of the molecule is COC(=O)/C=C/c1ccc2c(c1)C=CN(C)C2. The van der Waals surface area contributed by atoms with Crippen LogP contribution < -0.4 is 0 Å². The fourth-order valence-corrected chi connectivity index (χ4v) is 1.78. The lowest BCUT2D eigenvalue weighted by molar-refractivity contribution is -0.134. The minimum Gasteiger partial charge on any atom is -0.466 e. The molecule has 17 heavy (non-hydrogen) atoms. The summed E-state index contributed by atoms with van der Waals surface area (Å²) in [5.41, 5.74) is 3.50. The number of rotatable bonds is 2. The van der Waals surface area contributed by atoms with E-state index < -0.39 is 0 Å². The topological polar surface area (TPSA) is 29.5 Å². The van der Waals surface area contributed by atoms with Crippen LogP contribution in [0.25, 0.3) is 12.2 Å². The molecule has 1 heterocycles. The van der Waals surface area contributed by atoms with Gasteiger partial charge in [0.15, 0.2) is 0 Å². The fourth-order valence-electron chi connectivity index (χ4n) is 1.78. The largest absolute Gasteiger partial charge is 0.466 e. The van der Waals surface area contributed by atoms with Gasteiger partial charge >= 0.3 is 5.97 Å². The van der Waals surface area contributed by atoms with E-state index in [1.807, 2.05) is 13.1 Å². The molecule has 3 heteroatoms. The van der Waals surface area contributed by atoms with Crippen LogP contribution in [0.4, 0.5) is 0 Å². The van der Waals surface area contributed by atoms with Crippen LogP contribution in [0.3, 0.4) is 0 Å². The van der Waals surface area contributed by atoms with E-state index in [0.717, 1.165) is 12.1 Å². The molecule has 0 unspecified atom stereocenters. The third kappa shape index (κ3) is 2.75. The third-order valence-electron chi connectivity index (χ3n) is 2.71. The monoisotopic (exact) mass is 229 g/mol. The normalized spacial score (nSPS) is 13.9. The van der Waals surface area contributed by atoms with Gasteiger partial charge in [-0.3, -0.25) is 0 Å². The molecule has 0 radical (unpaired) electrons. The highest BCUT2D eigenvalue weighted by Crippen LogP contribution is 2.20. The van der Waals surface area contributed by atoms with Gasteiger partial charge in [0.05, 0.1) is 7.11 Å². The lowest BCUT2D eigenvalue weighted by Gasteiger charge is -2.20. The van der Waals surface area contributed by atoms with E-state index in [1.54, 1.807) is 6.08 Å². The van der Waals surface area contributed by atoms with Gasteiger partial charge in [0.25, 0.3) is 0 Å². The van der Waals surface area contributed by atoms with E-state index in [0.29, 0.717) is 0 Å². The molecule has 88 valence electrons. The molecule has 0 aliphatic carbocycles. The molecule has 0 saturated carbocycles. The number of esters is 1. The zero-order valence-electron chi connectivity index (χ0n) is 10.0. The maximum Gasteiger partial charge on any atom is 0.330 e. The van der Waals surface area contributed by atoms with E-state index in [4.69, 9.17) is 0 Å². The van der Waals surface area contributed by atoms with E-state index in [9.17, 15) is 4.79 Å². The quantitative estimate of drug-likeness (QED) is 0.575. The summed E-state index contributed by atoms with van der Waals surface area (Å²) in [6.45, 7) is 0.923. The zero-order chi connectivity index (χ0) is 12.3. The van der Waals surface area contributed by atoms with Crippen molar-refractivity contribution in [2.24, 2.45) is 0 Å². The smallest absolute Gasteiger partial charge is 0.330 e. The van der Waals surface area contributed by atoms with E-state index in [1.165, 1.54) is 24.3 Å². The molecule has 0 spiro atoms. The summed E-state index contributed by atoms with van der Waals surface area (Å²) < 4.78 is 4.55. The van der Waals surface area contributed by atoms with Gasteiger partial charge in [-0.2, -0.15) is 0 Å². The highest BCUT2D eigenvalue weighted by atomic mass is 16.5. The maximum absolute atomic E-state index is 11.0. The first-order valence-corrected chi connectivity index (χ1v) is 5.46. The minimum atomic E-state index is -0.335. The average Bonchev–Trinajstić information content (AvgIpc) is 2.35. The molecule has 1 aromatic rings. The van der Waals surface area contributed by atoms with Crippen LogP contribution >= 0.6 is 0 Å². The van der Waals surface area contributed by atoms with Crippen LogP contribution in [0, 0.1) is 0 Å². The zero-order valence-corrected chi connectivity index (χ0v) is 10.0. The van der Waals surface area contributed by atoms with E-state index >= 15 is 0 Å². The molecule has 1 aliphatic heterocycles. The molecular weight excluding hydrogens is 214 g/mol. The first-order chi connectivity index (χ1) is 8.19. The van der Waals surface area contributed by atoms with Crippen molar-refractivity contribution in [3.05, 3.63) is 47.2 Å². The molecule has 3 nitrogen and oxygen atoms in total. The molecule has 0 amide bonds. The maximum atomic E-state index is 11.0. The van der Waals surface area contributed by atoms with E-state index in [-0.39, 0.29) is 5.97 Å². The molecule has 1 aliphatic rings. The van der Waals surface area contributed by atoms with Crippen molar-refractivity contribution in [1.82, 2.24) is 4.90 Å². The van der Waals surface area contributed by atoms with Gasteiger partial charge in [0.2, 0.25) is 0 Å². The van der Waals surface area contributed by atoms with Gasteiger partial charge in [-0.15, -0.1) is 0 Å². The molecular formula is C14H15NO2. The Balaban J connectivity index is 2.21. The summed E-state index contributed by atoms with van der Waals surface area (Å²) in [6.07, 6.45) is 7.32. The number of fused-ring (bicyclic) bond motifs is 1. The van der Waals surface area contributed by atoms with Crippen LogP contribution in [0.2, 0.25) is 0 Å². The lowest BCUT2D eigenvalue weighted by atomic mass is 10.0. The Hall–Kier alpha value is -2.03. The summed E-state index contributed by atoms with van der Waals surface area (Å²) in [5, 5.41) is 0. The standard InChI is InChI=1S/C14H15NO2/c1-15-8-7-12-9-11(3-5-13(12)10-15)4-6-14(16)17-2/h3-9H,10H2,1-2H3/b6-4+. The predicted octanol–water partition coefficient (Wildman–Crippen LogP) is 2.29. The van der Waals surface area contributed by atoms with Crippen molar-refractivity contribution in [2.75, 3.05) is 14.2 Å². The molecule has 0 fully saturated rings. The fraction of sp³-hybridized carbons (Fsp3) is 0.214. The lowest BCUT2D eigenvalue weighted by Crippen LogP contribution is -2.14. The second-order valence-electron chi connectivity index (χ2n) is 4.05. The van der Waals surface area contributed by atoms with Gasteiger partial charge in [-0.05, 0) is 41.1 Å². The first-order valence-electron chi connectivity index (χ1n) is 5.46. The van der Waals surface area contributed by atoms with Crippen molar-refractivity contribution in [3.8, 4) is 0 Å². The van der Waals surface area contributed by atoms with Crippen LogP contribution in [-0.2, 0) is 16.1 Å². The van der Waals surface area contributed by atoms with Gasteiger partial charge < -0.3 is 9.64 Å². The molecule has 0 N–H and O–H groups in total. The highest BCUT2D eigenvalue weighted by Gasteiger charge is 2.07. The Kier molecular flexibility index (Phi) is 3.28. The Morgan fingerprint density at radius 3 is 3.06 bits per heavy atom. The Morgan fingerprint density at radius 1 is 1.47 bits per heavy atom. The summed E-state index contributed by atoms with van der Waals surface area (Å²) in [6, 6.07) is 6.16. The Morgan fingerprint density at radius 2 is 2.29 bits per heavy atom. The third-order valence-corrected chi connectivity index (χ3v) is 2.71. The van der Waals surface area contributed by atoms with Gasteiger partial charge in [0, 0.05) is 19.7 Å². The minimum absolute atomic E-state index is 0.335. The molecule has 0 atom stereocenters. The number of carbonyl (C=O) groups is 1. The summed E-state index contributed by atoms with van der Waals surface area (Å²) >= 11 is 0. The Labute approximate surface area is 101 Å². The van der Waals surface area contributed by atoms with Crippen LogP contribution in [0.15, 0.2) is 30.5 Å². The summed E-state index contributed by atoms with van der Waals surface area (Å²) in [4.78, 5) is 13.1. The second-order valence-corrected chi connectivity index (χ2v) is 4.05. The molecule has 0 saturated heterocycles. The highest BCUT2D eigenvalue weighted by molar-refractivity contribution is 5.87.